The Bertz CT molecular complexity index is 859. The molecule has 0 unspecified atom stereocenters. The van der Waals surface area contributed by atoms with Crippen molar-refractivity contribution in [3.8, 4) is 11.3 Å². The van der Waals surface area contributed by atoms with Crippen molar-refractivity contribution in [3.05, 3.63) is 53.8 Å². The minimum Gasteiger partial charge on any atom is -0.452 e. The quantitative estimate of drug-likeness (QED) is 0.612. The summed E-state index contributed by atoms with van der Waals surface area (Å²) in [5.74, 6) is -0.370. The standard InChI is InChI=1S/C17H17FN4O3/c1-2-3-10-22-16(19-20-21-22)11-24-17(23)15-9-8-14(25-15)12-6-4-5-7-13(12)18/h4-9H,2-3,10-11H2,1H3. The molecule has 0 saturated carbocycles. The Balaban J connectivity index is 1.65. The third-order valence-corrected chi connectivity index (χ3v) is 3.61. The lowest BCUT2D eigenvalue weighted by atomic mass is 10.1. The molecule has 0 aliphatic heterocycles. The highest BCUT2D eigenvalue weighted by atomic mass is 19.1. The topological polar surface area (TPSA) is 83.0 Å². The van der Waals surface area contributed by atoms with Gasteiger partial charge in [-0.15, -0.1) is 5.10 Å². The molecule has 130 valence electrons. The Morgan fingerprint density at radius 3 is 2.92 bits per heavy atom. The molecule has 0 radical (unpaired) electrons. The van der Waals surface area contributed by atoms with Gasteiger partial charge in [0.15, 0.2) is 12.4 Å². The summed E-state index contributed by atoms with van der Waals surface area (Å²) in [7, 11) is 0. The van der Waals surface area contributed by atoms with Crippen LogP contribution in [0.15, 0.2) is 40.8 Å². The average Bonchev–Trinajstić information content (AvgIpc) is 3.27. The van der Waals surface area contributed by atoms with Gasteiger partial charge in [0.1, 0.15) is 11.6 Å². The zero-order valence-corrected chi connectivity index (χ0v) is 13.7. The van der Waals surface area contributed by atoms with Gasteiger partial charge in [-0.1, -0.05) is 25.5 Å². The van der Waals surface area contributed by atoms with Crippen molar-refractivity contribution in [2.75, 3.05) is 0 Å². The fourth-order valence-electron chi connectivity index (χ4n) is 2.26. The van der Waals surface area contributed by atoms with E-state index in [1.54, 1.807) is 22.9 Å². The van der Waals surface area contributed by atoms with Crippen LogP contribution >= 0.6 is 0 Å². The number of rotatable bonds is 7. The Morgan fingerprint density at radius 1 is 1.28 bits per heavy atom. The zero-order valence-electron chi connectivity index (χ0n) is 13.7. The molecule has 0 fully saturated rings. The molecule has 2 heterocycles. The predicted octanol–water partition coefficient (Wildman–Crippen LogP) is 3.23. The first kappa shape index (κ1) is 16.8. The summed E-state index contributed by atoms with van der Waals surface area (Å²) in [6.07, 6.45) is 1.93. The van der Waals surface area contributed by atoms with Gasteiger partial charge in [-0.05, 0) is 41.1 Å². The number of benzene rings is 1. The maximum absolute atomic E-state index is 13.8. The van der Waals surface area contributed by atoms with Gasteiger partial charge in [-0.3, -0.25) is 0 Å². The molecule has 1 aromatic carbocycles. The normalized spacial score (nSPS) is 10.8. The average molecular weight is 344 g/mol. The fourth-order valence-corrected chi connectivity index (χ4v) is 2.26. The number of furan rings is 1. The number of hydrogen-bond donors (Lipinski definition) is 0. The minimum absolute atomic E-state index is 0.00849. The van der Waals surface area contributed by atoms with Crippen LogP contribution in [-0.2, 0) is 17.9 Å². The number of carbonyl (C=O) groups excluding carboxylic acids is 1. The number of ether oxygens (including phenoxy) is 1. The van der Waals surface area contributed by atoms with Gasteiger partial charge in [0.25, 0.3) is 0 Å². The van der Waals surface area contributed by atoms with Gasteiger partial charge in [0.05, 0.1) is 5.56 Å². The Kier molecular flexibility index (Phi) is 5.17. The summed E-state index contributed by atoms with van der Waals surface area (Å²) in [6.45, 7) is 2.66. The molecule has 8 heteroatoms. The summed E-state index contributed by atoms with van der Waals surface area (Å²) >= 11 is 0. The zero-order chi connectivity index (χ0) is 17.6. The highest BCUT2D eigenvalue weighted by Crippen LogP contribution is 2.25. The van der Waals surface area contributed by atoms with E-state index < -0.39 is 11.8 Å². The van der Waals surface area contributed by atoms with Gasteiger partial charge in [0.2, 0.25) is 5.76 Å². The predicted molar refractivity (Wildman–Crippen MR) is 85.9 cm³/mol. The summed E-state index contributed by atoms with van der Waals surface area (Å²) < 4.78 is 26.0. The van der Waals surface area contributed by atoms with Gasteiger partial charge >= 0.3 is 5.97 Å². The third kappa shape index (κ3) is 3.90. The van der Waals surface area contributed by atoms with E-state index in [1.807, 2.05) is 0 Å². The smallest absolute Gasteiger partial charge is 0.374 e. The van der Waals surface area contributed by atoms with E-state index in [0.717, 1.165) is 12.8 Å². The number of esters is 1. The number of aromatic nitrogens is 4. The van der Waals surface area contributed by atoms with E-state index in [2.05, 4.69) is 22.4 Å². The molecule has 0 spiro atoms. The first-order valence-electron chi connectivity index (χ1n) is 7.96. The Hall–Kier alpha value is -3.03. The van der Waals surface area contributed by atoms with Gasteiger partial charge in [-0.2, -0.15) is 0 Å². The van der Waals surface area contributed by atoms with Crippen molar-refractivity contribution in [2.45, 2.75) is 32.9 Å². The lowest BCUT2D eigenvalue weighted by Crippen LogP contribution is -2.10. The largest absolute Gasteiger partial charge is 0.452 e. The molecule has 0 aliphatic carbocycles. The second-order valence-corrected chi connectivity index (χ2v) is 5.39. The second kappa shape index (κ2) is 7.69. The molecule has 0 saturated heterocycles. The van der Waals surface area contributed by atoms with Crippen LogP contribution in [0.4, 0.5) is 4.39 Å². The van der Waals surface area contributed by atoms with Crippen molar-refractivity contribution in [3.63, 3.8) is 0 Å². The molecular formula is C17H17FN4O3. The number of nitrogens with zero attached hydrogens (tertiary/aromatic N) is 4. The van der Waals surface area contributed by atoms with Gasteiger partial charge in [-0.25, -0.2) is 13.9 Å². The van der Waals surface area contributed by atoms with Crippen LogP contribution in [0.3, 0.4) is 0 Å². The molecule has 0 atom stereocenters. The molecule has 0 aliphatic rings. The van der Waals surface area contributed by atoms with Crippen LogP contribution in [0.5, 0.6) is 0 Å². The van der Waals surface area contributed by atoms with Crippen LogP contribution in [0.1, 0.15) is 36.1 Å². The van der Waals surface area contributed by atoms with Gasteiger partial charge < -0.3 is 9.15 Å². The van der Waals surface area contributed by atoms with E-state index in [4.69, 9.17) is 9.15 Å². The van der Waals surface area contributed by atoms with E-state index in [9.17, 15) is 9.18 Å². The summed E-state index contributed by atoms with van der Waals surface area (Å²) in [5, 5.41) is 11.3. The second-order valence-electron chi connectivity index (χ2n) is 5.39. The highest BCUT2D eigenvalue weighted by molar-refractivity contribution is 5.87. The summed E-state index contributed by atoms with van der Waals surface area (Å²) in [4.78, 5) is 12.1. The maximum atomic E-state index is 13.8. The molecule has 3 rings (SSSR count). The lowest BCUT2D eigenvalue weighted by molar-refractivity contribution is 0.0421. The number of unbranched alkanes of at least 4 members (excludes halogenated alkanes) is 1. The molecule has 0 amide bonds. The van der Waals surface area contributed by atoms with Crippen LogP contribution in [0.2, 0.25) is 0 Å². The van der Waals surface area contributed by atoms with E-state index in [-0.39, 0.29) is 23.7 Å². The number of carbonyl (C=O) groups is 1. The molecule has 2 aromatic heterocycles. The monoisotopic (exact) mass is 344 g/mol. The minimum atomic E-state index is -0.660. The van der Waals surface area contributed by atoms with Crippen molar-refractivity contribution < 1.29 is 18.3 Å². The molecule has 25 heavy (non-hydrogen) atoms. The first-order valence-corrected chi connectivity index (χ1v) is 7.96. The molecular weight excluding hydrogens is 327 g/mol. The Morgan fingerprint density at radius 2 is 2.12 bits per heavy atom. The van der Waals surface area contributed by atoms with Crippen molar-refractivity contribution in [1.82, 2.24) is 20.2 Å². The van der Waals surface area contributed by atoms with Gasteiger partial charge in [0, 0.05) is 6.54 Å². The van der Waals surface area contributed by atoms with Crippen LogP contribution in [0.25, 0.3) is 11.3 Å². The SMILES string of the molecule is CCCCn1nnnc1COC(=O)c1ccc(-c2ccccc2F)o1. The number of hydrogen-bond acceptors (Lipinski definition) is 6. The van der Waals surface area contributed by atoms with Crippen LogP contribution < -0.4 is 0 Å². The van der Waals surface area contributed by atoms with E-state index in [1.165, 1.54) is 18.2 Å². The van der Waals surface area contributed by atoms with Crippen molar-refractivity contribution >= 4 is 5.97 Å². The molecule has 0 N–H and O–H groups in total. The van der Waals surface area contributed by atoms with Crippen LogP contribution in [-0.4, -0.2) is 26.2 Å². The van der Waals surface area contributed by atoms with E-state index >= 15 is 0 Å². The maximum Gasteiger partial charge on any atom is 0.374 e. The first-order chi connectivity index (χ1) is 12.2. The highest BCUT2D eigenvalue weighted by Gasteiger charge is 2.17. The third-order valence-electron chi connectivity index (χ3n) is 3.61. The number of aryl methyl sites for hydroxylation is 1. The molecule has 0 bridgehead atoms. The fraction of sp³-hybridized carbons (Fsp3) is 0.294. The van der Waals surface area contributed by atoms with Crippen LogP contribution in [0, 0.1) is 5.82 Å². The lowest BCUT2D eigenvalue weighted by Gasteiger charge is -2.04. The van der Waals surface area contributed by atoms with E-state index in [0.29, 0.717) is 12.4 Å². The number of halogens is 1. The number of tetrazole rings is 1. The summed E-state index contributed by atoms with van der Waals surface area (Å²) in [5.41, 5.74) is 0.282. The van der Waals surface area contributed by atoms with Crippen molar-refractivity contribution in [1.29, 1.82) is 0 Å². The van der Waals surface area contributed by atoms with Crippen molar-refractivity contribution in [2.24, 2.45) is 0 Å². The molecule has 7 nitrogen and oxygen atoms in total. The summed E-state index contributed by atoms with van der Waals surface area (Å²) in [6, 6.07) is 9.15. The molecule has 3 aromatic rings. The Labute approximate surface area is 143 Å².